The first-order valence-electron chi connectivity index (χ1n) is 23.4. The average Bonchev–Trinajstić information content (AvgIpc) is 0.764. The third-order valence-corrected chi connectivity index (χ3v) is 16.3. The molecule has 5 rings (SSSR count). The molecule has 70 heteroatoms. The number of hydrogen-bond acceptors (Lipinski definition) is 48. The van der Waals surface area contributed by atoms with Crippen LogP contribution in [0.5, 0.6) is 0 Å². The van der Waals surface area contributed by atoms with Crippen molar-refractivity contribution >= 4 is 94.8 Å². The maximum absolute atomic E-state index is 12.9. The van der Waals surface area contributed by atoms with Gasteiger partial charge in [0, 0.05) is 7.11 Å². The fraction of sp³-hybridized carbons (Fsp3) is 0.935. The Bertz CT molecular complexity index is 3530. The van der Waals surface area contributed by atoms with Crippen LogP contribution in [-0.2, 0) is 161 Å². The van der Waals surface area contributed by atoms with Crippen LogP contribution in [0.4, 0.5) is 0 Å². The molecule has 25 atom stereocenters. The third kappa shape index (κ3) is 38.3. The van der Waals surface area contributed by atoms with Crippen molar-refractivity contribution in [2.24, 2.45) is 0 Å². The van der Waals surface area contributed by atoms with Crippen LogP contribution in [0.3, 0.4) is 0 Å². The van der Waals surface area contributed by atoms with E-state index in [9.17, 15) is 154 Å². The van der Waals surface area contributed by atoms with Gasteiger partial charge in [-0.15, -0.1) is 0 Å². The number of aliphatic carboxylic acids is 2. The van der Waals surface area contributed by atoms with Gasteiger partial charge in [-0.2, -0.15) is 0 Å². The third-order valence-electron chi connectivity index (χ3n) is 12.4. The van der Waals surface area contributed by atoms with Gasteiger partial charge in [-0.1, -0.05) is 0 Å². The molecule has 5 aliphatic rings. The van der Waals surface area contributed by atoms with E-state index < -0.39 is 268 Å². The van der Waals surface area contributed by atoms with Crippen LogP contribution in [0, 0.1) is 0 Å². The van der Waals surface area contributed by atoms with Gasteiger partial charge in [0.1, 0.15) is 110 Å². The number of rotatable bonds is 30. The number of carbonyl (C=O) groups is 2. The summed E-state index contributed by atoms with van der Waals surface area (Å²) >= 11 is 0. The minimum Gasteiger partial charge on any atom is -0.735 e. The molecule has 0 amide bonds. The maximum Gasteiger partial charge on any atom is 1.00 e. The SMILES string of the molecule is CO[C@H]1O[C@H](COS(=O)(=O)[O-])[C@@H](O[C@@H]2O[C@@H](C(=O)O)[C@@H](O[C@H]3O[C@H](COS(=O)(=O)[O-])[C@@H](O[C@@H]4O[C@H](C(=O)[O-])[C@@H](O[C@H]5O[C@H](COS(=O)(=O)[O-])[C@@H](O)[C@H](O)[C@H]5NS(=O)(=O)[O-])[C@H](O)[C@H]4O)[C@H](OS(=O)(=O)[O-])[C@H]3NS(=O)(=O)[O-])[C@H](O)[C@H]2OS(=O)(=O)[O-])[C@H](O)[C@H]1NS(=O)(=O)[O-].[Na+].[Na+].[Na+].[Na+].[Na+].[Na+].[Na+].[Na+].[Na+].[Na+]. The first-order valence-corrected chi connectivity index (χ1v) is 34.3. The van der Waals surface area contributed by atoms with Crippen molar-refractivity contribution in [1.29, 1.82) is 0 Å². The van der Waals surface area contributed by atoms with E-state index in [2.05, 4.69) is 20.9 Å². The van der Waals surface area contributed by atoms with Crippen LogP contribution in [-0.4, -0.2) is 332 Å². The molecule has 5 aliphatic heterocycles. The molecule has 0 unspecified atom stereocenters. The summed E-state index contributed by atoms with van der Waals surface area (Å²) in [6.45, 7) is -5.41. The zero-order valence-electron chi connectivity index (χ0n) is 53.6. The molecule has 0 saturated carbocycles. The summed E-state index contributed by atoms with van der Waals surface area (Å²) < 4.78 is 360. The first-order chi connectivity index (χ1) is 41.2. The Morgan fingerprint density at radius 1 is 0.356 bits per heavy atom. The zero-order valence-corrected chi connectivity index (χ0v) is 80.1. The Labute approximate surface area is 793 Å². The summed E-state index contributed by atoms with van der Waals surface area (Å²) in [5.74, 6) is -5.29. The minimum absolute atomic E-state index is 0. The van der Waals surface area contributed by atoms with Crippen LogP contribution >= 0.6 is 0 Å². The van der Waals surface area contributed by atoms with Crippen LogP contribution in [0.2, 0.25) is 0 Å². The molecule has 0 bridgehead atoms. The number of carbonyl (C=O) groups excluding carboxylic acids is 1. The molecule has 0 radical (unpaired) electrons. The van der Waals surface area contributed by atoms with Crippen molar-refractivity contribution in [2.75, 3.05) is 26.9 Å². The Balaban J connectivity index is -0.00000226. The molecule has 0 aromatic rings. The van der Waals surface area contributed by atoms with E-state index in [-0.39, 0.29) is 296 Å². The van der Waals surface area contributed by atoms with Gasteiger partial charge in [0.2, 0.25) is 52.0 Å². The predicted octanol–water partition coefficient (Wildman–Crippen LogP) is -47.8. The van der Waals surface area contributed by atoms with E-state index in [1.807, 2.05) is 0 Å². The summed E-state index contributed by atoms with van der Waals surface area (Å²) in [4.78, 5) is 25.6. The number of aliphatic hydroxyl groups excluding tert-OH is 6. The van der Waals surface area contributed by atoms with E-state index in [4.69, 9.17) is 47.4 Å². The van der Waals surface area contributed by atoms with Crippen LogP contribution < -0.4 is 315 Å². The maximum atomic E-state index is 12.9. The quantitative estimate of drug-likeness (QED) is 0.0181. The smallest absolute Gasteiger partial charge is 0.735 e. The minimum atomic E-state index is -6.67. The standard InChI is InChI=1S/C31H53N3O49S8.10Na/c1-69-27-9(33-85(48,49)50)13(37)17(6(74-27)3-71-88(57,58)59)76-31-22(83-91(66,67)68)16(40)21(24(81-31)26(43)44)79-29-10(34-86(51,52)53)19(82-90(63,64)65)18(7(75-29)4-72-89(60,61)62)77-30-15(39)14(38)20(23(80-30)25(41)42)78-28-8(32-84(45,46)47)12(36)11(35)5(73-28)2-70-87(54,55)56;;;;;;;;;;/h5-24,27-40H,2-4H2,1H3,(H,41,42)(H,43,44)(H,45,46,47)(H,48,49,50)(H,51,52,53)(H,54,55,56)(H,57,58,59)(H,60,61,62)(H,63,64,65)(H,66,67,68);;;;;;;;;;/q;10*+1/p-9/t5-,6-,7-,8-,9-,10-,11-,12-,13-,14-,15-,16+,17-,18-,19-,20+,21+,22-,23+,24-,27+,28-,29-,30-,31-;;;;;;;;;;/m1........../s1. The van der Waals surface area contributed by atoms with E-state index in [1.54, 1.807) is 0 Å². The van der Waals surface area contributed by atoms with Crippen LogP contribution in [0.25, 0.3) is 0 Å². The summed E-state index contributed by atoms with van der Waals surface area (Å²) in [5, 5.41) is 89.7. The molecule has 101 heavy (non-hydrogen) atoms. The second-order valence-corrected chi connectivity index (χ2v) is 27.1. The van der Waals surface area contributed by atoms with Gasteiger partial charge in [-0.05, 0) is 0 Å². The topological polar surface area (TPSA) is 831 Å². The van der Waals surface area contributed by atoms with Gasteiger partial charge in [0.25, 0.3) is 0 Å². The number of methoxy groups -OCH3 is 1. The summed E-state index contributed by atoms with van der Waals surface area (Å²) in [6, 6.07) is -8.56. The first kappa shape index (κ1) is 119. The Kier molecular flexibility index (Phi) is 57.7. The molecule has 534 valence electrons. The number of carboxylic acids is 2. The Morgan fingerprint density at radius 2 is 0.693 bits per heavy atom. The number of ether oxygens (including phenoxy) is 10. The van der Waals surface area contributed by atoms with Gasteiger partial charge < -0.3 is 129 Å². The molecular formula is C31H44N3Na10O49S8+. The van der Waals surface area contributed by atoms with Crippen molar-refractivity contribution in [1.82, 2.24) is 14.2 Å². The molecule has 52 nitrogen and oxygen atoms in total. The van der Waals surface area contributed by atoms with Crippen LogP contribution in [0.1, 0.15) is 0 Å². The number of carboxylic acid groups (broad SMARTS) is 2. The largest absolute Gasteiger partial charge is 1.00 e. The molecule has 10 N–H and O–H groups in total. The number of nitrogens with one attached hydrogen (secondary N) is 3. The van der Waals surface area contributed by atoms with Crippen molar-refractivity contribution in [3.8, 4) is 0 Å². The summed E-state index contributed by atoms with van der Waals surface area (Å²) in [6.07, 6.45) is -66.1. The molecule has 5 fully saturated rings. The monoisotopic (exact) mass is 1730 g/mol. The fourth-order valence-corrected chi connectivity index (χ4v) is 12.6. The van der Waals surface area contributed by atoms with Crippen LogP contribution in [0.15, 0.2) is 0 Å². The van der Waals surface area contributed by atoms with E-state index in [1.165, 1.54) is 4.72 Å². The molecule has 5 heterocycles. The van der Waals surface area contributed by atoms with Gasteiger partial charge in [-0.25, -0.2) is 86.3 Å². The second kappa shape index (κ2) is 49.0. The van der Waals surface area contributed by atoms with Crippen molar-refractivity contribution in [3.63, 3.8) is 0 Å². The van der Waals surface area contributed by atoms with E-state index in [0.717, 1.165) is 9.44 Å². The number of hydrogen-bond donors (Lipinski definition) is 10. The van der Waals surface area contributed by atoms with Crippen molar-refractivity contribution in [3.05, 3.63) is 0 Å². The molecule has 0 spiro atoms. The molecule has 0 aliphatic carbocycles. The zero-order chi connectivity index (χ0) is 69.4. The summed E-state index contributed by atoms with van der Waals surface area (Å²) in [7, 11) is -48.3. The Morgan fingerprint density at radius 3 is 1.09 bits per heavy atom. The van der Waals surface area contributed by atoms with E-state index in [0.29, 0.717) is 7.11 Å². The Hall–Kier alpha value is 7.26. The van der Waals surface area contributed by atoms with E-state index >= 15 is 0 Å². The van der Waals surface area contributed by atoms with Gasteiger partial charge in [0.05, 0.1) is 25.8 Å². The molecular weight excluding hydrogens is 1680 g/mol. The van der Waals surface area contributed by atoms with Gasteiger partial charge in [-0.3, -0.25) is 20.9 Å². The van der Waals surface area contributed by atoms with Crippen molar-refractivity contribution in [2.45, 2.75) is 153 Å². The molecule has 0 aromatic carbocycles. The average molecular weight is 1730 g/mol. The fourth-order valence-electron chi connectivity index (χ4n) is 8.94. The normalized spacial score (nSPS) is 34.8. The predicted molar refractivity (Wildman–Crippen MR) is 244 cm³/mol. The van der Waals surface area contributed by atoms with Gasteiger partial charge >= 0.3 is 302 Å². The van der Waals surface area contributed by atoms with Crippen molar-refractivity contribution < 1.29 is 518 Å². The summed E-state index contributed by atoms with van der Waals surface area (Å²) in [5.41, 5.74) is 0. The second-order valence-electron chi connectivity index (χ2n) is 18.5. The number of aliphatic hydroxyl groups is 6. The molecule has 0 aromatic heterocycles. The molecule has 5 saturated heterocycles. The van der Waals surface area contributed by atoms with Gasteiger partial charge in [0.15, 0.2) is 74.6 Å².